The molecule has 0 spiro atoms. The van der Waals surface area contributed by atoms with Crippen LogP contribution in [0.1, 0.15) is 24.1 Å². The molecule has 5 heterocycles. The van der Waals surface area contributed by atoms with E-state index < -0.39 is 11.4 Å². The summed E-state index contributed by atoms with van der Waals surface area (Å²) in [6, 6.07) is 25.9. The highest BCUT2D eigenvalue weighted by Crippen LogP contribution is 2.37. The lowest BCUT2D eigenvalue weighted by Crippen LogP contribution is -2.36. The summed E-state index contributed by atoms with van der Waals surface area (Å²) in [7, 11) is 0. The number of fused-ring (bicyclic) bond motifs is 1. The first kappa shape index (κ1) is 29.3. The van der Waals surface area contributed by atoms with Gasteiger partial charge in [0.25, 0.3) is 0 Å². The monoisotopic (exact) mass is 619 g/mol. The van der Waals surface area contributed by atoms with E-state index >= 15 is 0 Å². The largest absolute Gasteiger partial charge is 0.587 e. The van der Waals surface area contributed by atoms with E-state index in [0.717, 1.165) is 59.4 Å². The van der Waals surface area contributed by atoms with Crippen LogP contribution in [0.15, 0.2) is 83.9 Å². The second-order valence-corrected chi connectivity index (χ2v) is 12.5. The van der Waals surface area contributed by atoms with Crippen molar-refractivity contribution in [3.63, 3.8) is 0 Å². The van der Waals surface area contributed by atoms with Gasteiger partial charge in [-0.15, -0.1) is 3.97 Å². The Hall–Kier alpha value is -4.40. The molecule has 0 amide bonds. The zero-order valence-corrected chi connectivity index (χ0v) is 25.8. The van der Waals surface area contributed by atoms with Crippen LogP contribution in [-0.4, -0.2) is 64.1 Å². The van der Waals surface area contributed by atoms with Gasteiger partial charge in [-0.25, -0.2) is 9.97 Å². The topological polar surface area (TPSA) is 108 Å². The molecule has 1 unspecified atom stereocenters. The standard InChI is InChI=1S/C35H33N5O4S/c1-24-2-8-28(9-3-24)45(41)40-33(25-4-6-26(7-5-25)39-16-20-43-21-17-39)22-30-29(12-15-37-35(30)40)31-10-11-34(32(23-36)38-31)44-27-13-18-42-19-14-27/h2-12,15,22,27H,13-14,16-21H2,1H3. The Morgan fingerprint density at radius 1 is 0.933 bits per heavy atom. The molecule has 0 aliphatic carbocycles. The van der Waals surface area contributed by atoms with E-state index in [4.69, 9.17) is 24.2 Å². The molecular weight excluding hydrogens is 586 g/mol. The van der Waals surface area contributed by atoms with Crippen LogP contribution in [0.4, 0.5) is 5.69 Å². The Bertz CT molecular complexity index is 1840. The molecule has 1 atom stereocenters. The summed E-state index contributed by atoms with van der Waals surface area (Å²) in [6.45, 7) is 6.42. The summed E-state index contributed by atoms with van der Waals surface area (Å²) in [6.07, 6.45) is 3.25. The molecule has 7 rings (SSSR count). The van der Waals surface area contributed by atoms with Crippen molar-refractivity contribution in [3.8, 4) is 34.3 Å². The molecular formula is C35H33N5O4S. The highest BCUT2D eigenvalue weighted by Gasteiger charge is 2.26. The summed E-state index contributed by atoms with van der Waals surface area (Å²) < 4.78 is 33.2. The molecule has 0 N–H and O–H groups in total. The molecule has 2 aliphatic heterocycles. The van der Waals surface area contributed by atoms with Crippen LogP contribution in [0.2, 0.25) is 0 Å². The lowest BCUT2D eigenvalue weighted by molar-refractivity contribution is 0.0253. The van der Waals surface area contributed by atoms with E-state index in [1.807, 2.05) is 55.5 Å². The summed E-state index contributed by atoms with van der Waals surface area (Å²) in [5.74, 6) is 0.470. The Morgan fingerprint density at radius 3 is 2.40 bits per heavy atom. The minimum Gasteiger partial charge on any atom is -0.587 e. The summed E-state index contributed by atoms with van der Waals surface area (Å²) in [5.41, 5.74) is 6.12. The Morgan fingerprint density at radius 2 is 1.67 bits per heavy atom. The van der Waals surface area contributed by atoms with Crippen LogP contribution >= 0.6 is 0 Å². The summed E-state index contributed by atoms with van der Waals surface area (Å²) in [5, 5.41) is 10.8. The molecule has 0 bridgehead atoms. The molecule has 5 aromatic rings. The van der Waals surface area contributed by atoms with E-state index in [1.165, 1.54) is 0 Å². The SMILES string of the molecule is Cc1ccc([S+]([O-])n2c(-c3ccc(N4CCOCC4)cc3)cc3c(-c4ccc(OC5CCOCC5)c(C#N)n4)ccnc32)cc1. The second kappa shape index (κ2) is 12.9. The van der Waals surface area contributed by atoms with Gasteiger partial charge in [-0.05, 0) is 55.5 Å². The van der Waals surface area contributed by atoms with Gasteiger partial charge in [0.2, 0.25) is 0 Å². The third-order valence-corrected chi connectivity index (χ3v) is 9.67. The number of aryl methyl sites for hydroxylation is 1. The van der Waals surface area contributed by atoms with Crippen molar-refractivity contribution >= 4 is 28.1 Å². The average Bonchev–Trinajstić information content (AvgIpc) is 3.49. The first-order chi connectivity index (χ1) is 22.1. The van der Waals surface area contributed by atoms with Crippen LogP contribution in [-0.2, 0) is 20.8 Å². The van der Waals surface area contributed by atoms with Gasteiger partial charge in [-0.3, -0.25) is 0 Å². The normalized spacial score (nSPS) is 16.4. The van der Waals surface area contributed by atoms with E-state index in [2.05, 4.69) is 35.2 Å². The van der Waals surface area contributed by atoms with Crippen molar-refractivity contribution in [2.24, 2.45) is 0 Å². The number of aromatic nitrogens is 3. The summed E-state index contributed by atoms with van der Waals surface area (Å²) >= 11 is -1.57. The molecule has 10 heteroatoms. The third kappa shape index (κ3) is 6.00. The molecule has 3 aromatic heterocycles. The predicted molar refractivity (Wildman–Crippen MR) is 174 cm³/mol. The number of hydrogen-bond acceptors (Lipinski definition) is 8. The Kier molecular flexibility index (Phi) is 8.41. The number of nitriles is 1. The zero-order valence-electron chi connectivity index (χ0n) is 25.0. The fourth-order valence-corrected chi connectivity index (χ4v) is 7.06. The van der Waals surface area contributed by atoms with Crippen LogP contribution in [0.3, 0.4) is 0 Å². The van der Waals surface area contributed by atoms with Gasteiger partial charge in [0.15, 0.2) is 22.0 Å². The van der Waals surface area contributed by atoms with Gasteiger partial charge in [0.1, 0.15) is 29.2 Å². The average molecular weight is 620 g/mol. The molecule has 2 aliphatic rings. The van der Waals surface area contributed by atoms with Crippen molar-refractivity contribution in [3.05, 3.63) is 90.3 Å². The van der Waals surface area contributed by atoms with Crippen LogP contribution in [0.25, 0.3) is 33.5 Å². The molecule has 45 heavy (non-hydrogen) atoms. The van der Waals surface area contributed by atoms with Crippen molar-refractivity contribution < 1.29 is 18.8 Å². The molecule has 228 valence electrons. The van der Waals surface area contributed by atoms with Crippen LogP contribution in [0.5, 0.6) is 5.75 Å². The highest BCUT2D eigenvalue weighted by atomic mass is 32.2. The van der Waals surface area contributed by atoms with Crippen LogP contribution < -0.4 is 9.64 Å². The highest BCUT2D eigenvalue weighted by molar-refractivity contribution is 7.90. The van der Waals surface area contributed by atoms with E-state index in [9.17, 15) is 9.81 Å². The number of benzene rings is 2. The number of ether oxygens (including phenoxy) is 3. The molecule has 2 fully saturated rings. The number of anilines is 1. The lowest BCUT2D eigenvalue weighted by atomic mass is 10.1. The van der Waals surface area contributed by atoms with Gasteiger partial charge in [-0.2, -0.15) is 5.26 Å². The number of nitrogens with zero attached hydrogens (tertiary/aromatic N) is 5. The Labute approximate surface area is 265 Å². The maximum absolute atomic E-state index is 14.3. The minimum absolute atomic E-state index is 0.00545. The number of rotatable bonds is 7. The molecule has 0 saturated carbocycles. The van der Waals surface area contributed by atoms with Gasteiger partial charge in [-0.1, -0.05) is 29.8 Å². The van der Waals surface area contributed by atoms with Gasteiger partial charge in [0, 0.05) is 54.3 Å². The first-order valence-corrected chi connectivity index (χ1v) is 16.3. The zero-order chi connectivity index (χ0) is 30.8. The van der Waals surface area contributed by atoms with Gasteiger partial charge >= 0.3 is 0 Å². The molecule has 0 radical (unpaired) electrons. The third-order valence-electron chi connectivity index (χ3n) is 8.29. The fraction of sp³-hybridized carbons (Fsp3) is 0.286. The van der Waals surface area contributed by atoms with Crippen molar-refractivity contribution in [1.82, 2.24) is 13.9 Å². The fourth-order valence-electron chi connectivity index (χ4n) is 5.84. The van der Waals surface area contributed by atoms with E-state index in [1.54, 1.807) is 10.2 Å². The Balaban J connectivity index is 1.32. The number of morpholine rings is 1. The van der Waals surface area contributed by atoms with Crippen LogP contribution in [0, 0.1) is 18.3 Å². The molecule has 2 aromatic carbocycles. The summed E-state index contributed by atoms with van der Waals surface area (Å²) in [4.78, 5) is 12.4. The maximum Gasteiger partial charge on any atom is 0.188 e. The van der Waals surface area contributed by atoms with E-state index in [0.29, 0.717) is 48.4 Å². The number of pyridine rings is 2. The number of hydrogen-bond donors (Lipinski definition) is 0. The lowest BCUT2D eigenvalue weighted by Gasteiger charge is -2.28. The van der Waals surface area contributed by atoms with Gasteiger partial charge < -0.3 is 23.7 Å². The van der Waals surface area contributed by atoms with Crippen molar-refractivity contribution in [2.75, 3.05) is 44.4 Å². The smallest absolute Gasteiger partial charge is 0.188 e. The maximum atomic E-state index is 14.3. The van der Waals surface area contributed by atoms with Crippen molar-refractivity contribution in [1.29, 1.82) is 5.26 Å². The van der Waals surface area contributed by atoms with E-state index in [-0.39, 0.29) is 11.8 Å². The molecule has 9 nitrogen and oxygen atoms in total. The molecule has 2 saturated heterocycles. The van der Waals surface area contributed by atoms with Gasteiger partial charge in [0.05, 0.1) is 32.1 Å². The minimum atomic E-state index is -1.57. The quantitative estimate of drug-likeness (QED) is 0.207. The predicted octanol–water partition coefficient (Wildman–Crippen LogP) is 5.91. The van der Waals surface area contributed by atoms with Crippen molar-refractivity contribution in [2.45, 2.75) is 30.8 Å². The second-order valence-electron chi connectivity index (χ2n) is 11.2. The first-order valence-electron chi connectivity index (χ1n) is 15.2.